The molecule has 0 saturated carbocycles. The maximum Gasteiger partial charge on any atom is 0.531 e. The Morgan fingerprint density at radius 2 is 1.85 bits per heavy atom. The van der Waals surface area contributed by atoms with Gasteiger partial charge in [-0.3, -0.25) is 14.4 Å². The number of hydrogen-bond acceptors (Lipinski definition) is 7. The molecule has 20 heavy (non-hydrogen) atoms. The summed E-state index contributed by atoms with van der Waals surface area (Å²) in [7, 11) is 0. The van der Waals surface area contributed by atoms with Crippen molar-refractivity contribution in [2.24, 2.45) is 11.8 Å². The van der Waals surface area contributed by atoms with Gasteiger partial charge in [-0.15, -0.1) is 0 Å². The first-order valence-corrected chi connectivity index (χ1v) is 6.22. The smallest absolute Gasteiger partial charge is 0.448 e. The van der Waals surface area contributed by atoms with E-state index in [1.54, 1.807) is 0 Å². The molecule has 2 atom stereocenters. The first-order valence-electron chi connectivity index (χ1n) is 6.22. The topological polar surface area (TPSA) is 123 Å². The predicted molar refractivity (Wildman–Crippen MR) is 57.8 cm³/mol. The Morgan fingerprint density at radius 3 is 2.40 bits per heavy atom. The van der Waals surface area contributed by atoms with E-state index in [4.69, 9.17) is 14.6 Å². The van der Waals surface area contributed by atoms with E-state index in [-0.39, 0.29) is 11.0 Å². The van der Waals surface area contributed by atoms with Gasteiger partial charge in [-0.2, -0.15) is 0 Å². The Labute approximate surface area is 112 Å². The van der Waals surface area contributed by atoms with Crippen LogP contribution in [0.5, 0.6) is 0 Å². The summed E-state index contributed by atoms with van der Waals surface area (Å²) < 4.78 is 11.0. The molecule has 2 N–H and O–H groups in total. The number of carbonyl (C=O) groups is 3. The zero-order valence-corrected chi connectivity index (χ0v) is 10.4. The molecule has 0 bridgehead atoms. The van der Waals surface area contributed by atoms with Crippen LogP contribution in [0.4, 0.5) is 4.79 Å². The van der Waals surface area contributed by atoms with E-state index in [2.05, 4.69) is 4.84 Å². The number of carboxylic acid groups (broad SMARTS) is 1. The molecule has 3 heterocycles. The average molecular weight is 287 g/mol. The molecule has 110 valence electrons. The molecular weight excluding hydrogens is 274 g/mol. The summed E-state index contributed by atoms with van der Waals surface area (Å²) in [6.45, 7) is 0.713. The fraction of sp³-hybridized carbons (Fsp3) is 0.727. The third-order valence-electron chi connectivity index (χ3n) is 3.99. The number of ether oxygens (including phenoxy) is 2. The van der Waals surface area contributed by atoms with Crippen LogP contribution in [-0.4, -0.2) is 58.4 Å². The number of aliphatic hydroxyl groups excluding tert-OH is 1. The zero-order chi connectivity index (χ0) is 14.5. The number of hydrogen-bond donors (Lipinski definition) is 2. The van der Waals surface area contributed by atoms with Gasteiger partial charge in [0.05, 0.1) is 13.2 Å². The van der Waals surface area contributed by atoms with Crippen molar-refractivity contribution in [1.82, 2.24) is 5.06 Å². The Balaban J connectivity index is 1.92. The van der Waals surface area contributed by atoms with Crippen molar-refractivity contribution in [1.29, 1.82) is 0 Å². The van der Waals surface area contributed by atoms with E-state index in [1.165, 1.54) is 0 Å². The molecule has 0 aliphatic carbocycles. The van der Waals surface area contributed by atoms with Crippen LogP contribution in [0, 0.1) is 11.8 Å². The summed E-state index contributed by atoms with van der Waals surface area (Å²) >= 11 is 0. The Bertz CT molecular complexity index is 467. The summed E-state index contributed by atoms with van der Waals surface area (Å²) in [5.41, 5.74) is 0. The summed E-state index contributed by atoms with van der Waals surface area (Å²) in [5.74, 6) is -4.85. The van der Waals surface area contributed by atoms with Crippen molar-refractivity contribution in [3.63, 3.8) is 0 Å². The van der Waals surface area contributed by atoms with Crippen molar-refractivity contribution >= 4 is 18.0 Å². The molecular formula is C11H13NO8. The standard InChI is InChI=1S/C11H13NO8/c13-7-6(8(14)12(9(7)15)20-10(16)17)11-5(1-3-18-11)2-4-19-11/h5-7,13H,1-4H2,(H,16,17)/t5-,6?,7-,11+/m1/s1. The van der Waals surface area contributed by atoms with Gasteiger partial charge in [-0.05, 0) is 12.8 Å². The van der Waals surface area contributed by atoms with Crippen LogP contribution in [0.3, 0.4) is 0 Å². The third-order valence-corrected chi connectivity index (χ3v) is 3.99. The second-order valence-corrected chi connectivity index (χ2v) is 4.94. The van der Waals surface area contributed by atoms with E-state index in [1.807, 2.05) is 0 Å². The largest absolute Gasteiger partial charge is 0.531 e. The molecule has 0 spiro atoms. The zero-order valence-electron chi connectivity index (χ0n) is 10.4. The van der Waals surface area contributed by atoms with E-state index < -0.39 is 35.8 Å². The van der Waals surface area contributed by atoms with Crippen LogP contribution in [0.1, 0.15) is 12.8 Å². The number of amides is 2. The van der Waals surface area contributed by atoms with Crippen LogP contribution >= 0.6 is 0 Å². The first kappa shape index (κ1) is 13.3. The summed E-state index contributed by atoms with van der Waals surface area (Å²) in [4.78, 5) is 38.6. The molecule has 9 nitrogen and oxygen atoms in total. The summed E-state index contributed by atoms with van der Waals surface area (Å²) in [6.07, 6.45) is -2.23. The van der Waals surface area contributed by atoms with Gasteiger partial charge >= 0.3 is 6.16 Å². The number of hydroxylamine groups is 2. The molecule has 2 amide bonds. The lowest BCUT2D eigenvalue weighted by molar-refractivity contribution is -0.239. The molecule has 0 aromatic rings. The molecule has 3 fully saturated rings. The number of aliphatic hydroxyl groups is 1. The highest BCUT2D eigenvalue weighted by Crippen LogP contribution is 2.49. The number of carbonyl (C=O) groups excluding carboxylic acids is 2. The highest BCUT2D eigenvalue weighted by molar-refractivity contribution is 6.06. The average Bonchev–Trinajstić information content (AvgIpc) is 2.98. The van der Waals surface area contributed by atoms with Crippen molar-refractivity contribution in [2.75, 3.05) is 13.2 Å². The molecule has 3 aliphatic rings. The van der Waals surface area contributed by atoms with Gasteiger partial charge in [0, 0.05) is 5.92 Å². The van der Waals surface area contributed by atoms with Gasteiger partial charge in [0.15, 0.2) is 11.9 Å². The Kier molecular flexibility index (Phi) is 2.92. The van der Waals surface area contributed by atoms with Gasteiger partial charge < -0.3 is 19.7 Å². The van der Waals surface area contributed by atoms with Crippen LogP contribution in [0.15, 0.2) is 0 Å². The fourth-order valence-electron chi connectivity index (χ4n) is 3.17. The number of rotatable bonds is 2. The van der Waals surface area contributed by atoms with Gasteiger partial charge in [0.25, 0.3) is 11.8 Å². The second kappa shape index (κ2) is 4.40. The van der Waals surface area contributed by atoms with Gasteiger partial charge in [0.2, 0.25) is 0 Å². The SMILES string of the molecule is O=C(O)ON1C(=O)C([C@]23OCC[C@@H]2CCO3)[C@@H](O)C1=O. The maximum atomic E-state index is 12.2. The molecule has 1 unspecified atom stereocenters. The molecule has 0 aromatic carbocycles. The van der Waals surface area contributed by atoms with Crippen LogP contribution in [0.2, 0.25) is 0 Å². The van der Waals surface area contributed by atoms with E-state index in [0.717, 1.165) is 0 Å². The van der Waals surface area contributed by atoms with Crippen LogP contribution in [-0.2, 0) is 23.9 Å². The van der Waals surface area contributed by atoms with Crippen LogP contribution < -0.4 is 0 Å². The number of fused-ring (bicyclic) bond motifs is 1. The summed E-state index contributed by atoms with van der Waals surface area (Å²) in [6, 6.07) is 0. The minimum Gasteiger partial charge on any atom is -0.448 e. The molecule has 3 rings (SSSR count). The van der Waals surface area contributed by atoms with E-state index in [0.29, 0.717) is 26.1 Å². The third kappa shape index (κ3) is 1.63. The van der Waals surface area contributed by atoms with Crippen molar-refractivity contribution in [3.05, 3.63) is 0 Å². The molecule has 9 heteroatoms. The van der Waals surface area contributed by atoms with Gasteiger partial charge in [-0.25, -0.2) is 4.79 Å². The minimum absolute atomic E-state index is 0.0623. The maximum absolute atomic E-state index is 12.2. The highest BCUT2D eigenvalue weighted by Gasteiger charge is 2.66. The number of imide groups is 1. The van der Waals surface area contributed by atoms with Crippen molar-refractivity contribution < 1.29 is 38.9 Å². The normalized spacial score (nSPS) is 40.2. The Hall–Kier alpha value is -1.71. The quantitative estimate of drug-likeness (QED) is 0.626. The molecule has 3 aliphatic heterocycles. The minimum atomic E-state index is -1.81. The summed E-state index contributed by atoms with van der Waals surface area (Å²) in [5, 5.41) is 18.6. The van der Waals surface area contributed by atoms with E-state index in [9.17, 15) is 19.5 Å². The van der Waals surface area contributed by atoms with Crippen molar-refractivity contribution in [2.45, 2.75) is 24.7 Å². The molecule has 3 saturated heterocycles. The molecule has 0 aromatic heterocycles. The van der Waals surface area contributed by atoms with Crippen LogP contribution in [0.25, 0.3) is 0 Å². The lowest BCUT2D eigenvalue weighted by atomic mass is 9.84. The predicted octanol–water partition coefficient (Wildman–Crippen LogP) is -0.905. The first-order chi connectivity index (χ1) is 9.47. The number of nitrogens with zero attached hydrogens (tertiary/aromatic N) is 1. The lowest BCUT2D eigenvalue weighted by Gasteiger charge is -2.32. The monoisotopic (exact) mass is 287 g/mol. The molecule has 0 radical (unpaired) electrons. The second-order valence-electron chi connectivity index (χ2n) is 4.94. The Morgan fingerprint density at radius 1 is 1.25 bits per heavy atom. The fourth-order valence-corrected chi connectivity index (χ4v) is 3.17. The van der Waals surface area contributed by atoms with Crippen molar-refractivity contribution in [3.8, 4) is 0 Å². The lowest BCUT2D eigenvalue weighted by Crippen LogP contribution is -2.49. The van der Waals surface area contributed by atoms with Gasteiger partial charge in [0.1, 0.15) is 5.92 Å². The van der Waals surface area contributed by atoms with Gasteiger partial charge in [-0.1, -0.05) is 5.06 Å². The van der Waals surface area contributed by atoms with E-state index >= 15 is 0 Å². The highest BCUT2D eigenvalue weighted by atomic mass is 16.8.